The minimum absolute atomic E-state index is 0.0666. The third-order valence-corrected chi connectivity index (χ3v) is 3.90. The second-order valence-corrected chi connectivity index (χ2v) is 5.35. The Morgan fingerprint density at radius 3 is 2.40 bits per heavy atom. The first-order valence-corrected chi connectivity index (χ1v) is 7.29. The third-order valence-electron chi connectivity index (χ3n) is 3.20. The Balaban J connectivity index is 2.33. The van der Waals surface area contributed by atoms with Crippen molar-refractivity contribution in [2.24, 2.45) is 0 Å². The molecule has 4 heteroatoms. The molecule has 0 radical (unpaired) electrons. The van der Waals surface area contributed by atoms with Gasteiger partial charge in [0.25, 0.3) is 0 Å². The van der Waals surface area contributed by atoms with Gasteiger partial charge in [0.15, 0.2) is 0 Å². The highest BCUT2D eigenvalue weighted by molar-refractivity contribution is 6.31. The van der Waals surface area contributed by atoms with E-state index in [1.54, 1.807) is 12.1 Å². The van der Waals surface area contributed by atoms with E-state index < -0.39 is 0 Å². The van der Waals surface area contributed by atoms with Crippen LogP contribution in [0.15, 0.2) is 42.5 Å². The van der Waals surface area contributed by atoms with Gasteiger partial charge in [-0.2, -0.15) is 0 Å². The maximum Gasteiger partial charge on any atom is 0.127 e. The minimum atomic E-state index is -0.285. The highest BCUT2D eigenvalue weighted by atomic mass is 35.5. The van der Waals surface area contributed by atoms with Crippen LogP contribution >= 0.6 is 23.2 Å². The molecule has 0 aromatic heterocycles. The van der Waals surface area contributed by atoms with Gasteiger partial charge in [-0.15, -0.1) is 0 Å². The van der Waals surface area contributed by atoms with Crippen LogP contribution in [0.4, 0.5) is 4.39 Å². The molecule has 1 atom stereocenters. The van der Waals surface area contributed by atoms with E-state index in [-0.39, 0.29) is 11.9 Å². The molecule has 0 spiro atoms. The van der Waals surface area contributed by atoms with Gasteiger partial charge in [0, 0.05) is 21.7 Å². The SMILES string of the molecule is CCNC(Cc1c(F)cccc1Cl)c1ccccc1Cl. The second kappa shape index (κ2) is 7.07. The van der Waals surface area contributed by atoms with E-state index in [4.69, 9.17) is 23.2 Å². The van der Waals surface area contributed by atoms with Crippen LogP contribution in [0.3, 0.4) is 0 Å². The monoisotopic (exact) mass is 311 g/mol. The fourth-order valence-corrected chi connectivity index (χ4v) is 2.74. The molecular formula is C16H16Cl2FN. The van der Waals surface area contributed by atoms with Crippen molar-refractivity contribution in [2.75, 3.05) is 6.54 Å². The predicted octanol–water partition coefficient (Wildman–Crippen LogP) is 5.03. The lowest BCUT2D eigenvalue weighted by atomic mass is 9.98. The molecule has 106 valence electrons. The van der Waals surface area contributed by atoms with Crippen LogP contribution in [-0.4, -0.2) is 6.54 Å². The summed E-state index contributed by atoms with van der Waals surface area (Å²) in [4.78, 5) is 0. The molecule has 0 bridgehead atoms. The molecule has 2 aromatic rings. The summed E-state index contributed by atoms with van der Waals surface area (Å²) in [6.07, 6.45) is 0.461. The molecule has 0 saturated carbocycles. The molecule has 20 heavy (non-hydrogen) atoms. The van der Waals surface area contributed by atoms with E-state index >= 15 is 0 Å². The summed E-state index contributed by atoms with van der Waals surface area (Å²) in [5.41, 5.74) is 1.47. The lowest BCUT2D eigenvalue weighted by Crippen LogP contribution is -2.23. The van der Waals surface area contributed by atoms with Crippen molar-refractivity contribution in [3.63, 3.8) is 0 Å². The minimum Gasteiger partial charge on any atom is -0.310 e. The highest BCUT2D eigenvalue weighted by Crippen LogP contribution is 2.29. The van der Waals surface area contributed by atoms with Gasteiger partial charge in [-0.3, -0.25) is 0 Å². The lowest BCUT2D eigenvalue weighted by molar-refractivity contribution is 0.528. The Hall–Kier alpha value is -1.09. The van der Waals surface area contributed by atoms with Crippen molar-refractivity contribution in [3.8, 4) is 0 Å². The average molecular weight is 312 g/mol. The zero-order chi connectivity index (χ0) is 14.5. The topological polar surface area (TPSA) is 12.0 Å². The molecule has 1 unspecified atom stereocenters. The van der Waals surface area contributed by atoms with Crippen molar-refractivity contribution in [1.29, 1.82) is 0 Å². The number of hydrogen-bond acceptors (Lipinski definition) is 1. The summed E-state index contributed by atoms with van der Waals surface area (Å²) in [5.74, 6) is -0.285. The first-order valence-electron chi connectivity index (χ1n) is 6.54. The van der Waals surface area contributed by atoms with E-state index in [0.29, 0.717) is 22.0 Å². The van der Waals surface area contributed by atoms with Crippen molar-refractivity contribution < 1.29 is 4.39 Å². The van der Waals surface area contributed by atoms with Gasteiger partial charge in [-0.25, -0.2) is 4.39 Å². The standard InChI is InChI=1S/C16H16Cl2FN/c1-2-20-16(11-6-3-4-7-13(11)17)10-12-14(18)8-5-9-15(12)19/h3-9,16,20H,2,10H2,1H3. The first kappa shape index (κ1) is 15.3. The summed E-state index contributed by atoms with van der Waals surface area (Å²) in [5, 5.41) is 4.45. The molecule has 0 aliphatic rings. The van der Waals surface area contributed by atoms with Gasteiger partial charge in [-0.1, -0.05) is 54.4 Å². The third kappa shape index (κ3) is 3.51. The van der Waals surface area contributed by atoms with Crippen molar-refractivity contribution in [1.82, 2.24) is 5.32 Å². The predicted molar refractivity (Wildman–Crippen MR) is 83.0 cm³/mol. The van der Waals surface area contributed by atoms with E-state index in [1.165, 1.54) is 6.07 Å². The highest BCUT2D eigenvalue weighted by Gasteiger charge is 2.17. The van der Waals surface area contributed by atoms with E-state index in [2.05, 4.69) is 5.32 Å². The number of hydrogen-bond donors (Lipinski definition) is 1. The molecule has 1 N–H and O–H groups in total. The Labute approximate surface area is 128 Å². The normalized spacial score (nSPS) is 12.4. The average Bonchev–Trinajstić information content (AvgIpc) is 2.43. The fourth-order valence-electron chi connectivity index (χ4n) is 2.23. The summed E-state index contributed by atoms with van der Waals surface area (Å²) in [6, 6.07) is 12.3. The van der Waals surface area contributed by atoms with Gasteiger partial charge < -0.3 is 5.32 Å². The van der Waals surface area contributed by atoms with Gasteiger partial charge in [-0.05, 0) is 36.7 Å². The van der Waals surface area contributed by atoms with E-state index in [9.17, 15) is 4.39 Å². The van der Waals surface area contributed by atoms with Crippen molar-refractivity contribution in [2.45, 2.75) is 19.4 Å². The molecule has 0 heterocycles. The molecule has 0 amide bonds. The number of likely N-dealkylation sites (N-methyl/N-ethyl adjacent to an activating group) is 1. The van der Waals surface area contributed by atoms with Gasteiger partial charge >= 0.3 is 0 Å². The van der Waals surface area contributed by atoms with Crippen LogP contribution in [0.5, 0.6) is 0 Å². The first-order chi connectivity index (χ1) is 9.63. The Morgan fingerprint density at radius 2 is 1.75 bits per heavy atom. The molecule has 1 nitrogen and oxygen atoms in total. The number of nitrogens with one attached hydrogen (secondary N) is 1. The van der Waals surface area contributed by atoms with Crippen LogP contribution < -0.4 is 5.32 Å². The maximum atomic E-state index is 13.9. The number of halogens is 3. The van der Waals surface area contributed by atoms with Crippen LogP contribution in [0, 0.1) is 5.82 Å². The summed E-state index contributed by atoms with van der Waals surface area (Å²) in [6.45, 7) is 2.77. The van der Waals surface area contributed by atoms with Gasteiger partial charge in [0.05, 0.1) is 0 Å². The summed E-state index contributed by atoms with van der Waals surface area (Å²) >= 11 is 12.3. The zero-order valence-corrected chi connectivity index (χ0v) is 12.7. The van der Waals surface area contributed by atoms with Crippen molar-refractivity contribution >= 4 is 23.2 Å². The Bertz CT molecular complexity index is 566. The zero-order valence-electron chi connectivity index (χ0n) is 11.2. The molecule has 2 rings (SSSR count). The van der Waals surface area contributed by atoms with Crippen LogP contribution in [0.25, 0.3) is 0 Å². The van der Waals surface area contributed by atoms with E-state index in [1.807, 2.05) is 31.2 Å². The lowest BCUT2D eigenvalue weighted by Gasteiger charge is -2.20. The fraction of sp³-hybridized carbons (Fsp3) is 0.250. The van der Waals surface area contributed by atoms with Crippen LogP contribution in [0.2, 0.25) is 10.0 Å². The largest absolute Gasteiger partial charge is 0.310 e. The van der Waals surface area contributed by atoms with Crippen molar-refractivity contribution in [3.05, 3.63) is 69.5 Å². The van der Waals surface area contributed by atoms with Gasteiger partial charge in [0.1, 0.15) is 5.82 Å². The summed E-state index contributed by atoms with van der Waals surface area (Å²) < 4.78 is 13.9. The molecule has 0 saturated heterocycles. The van der Waals surface area contributed by atoms with Crippen LogP contribution in [-0.2, 0) is 6.42 Å². The molecule has 0 fully saturated rings. The summed E-state index contributed by atoms with van der Waals surface area (Å²) in [7, 11) is 0. The Kier molecular flexibility index (Phi) is 5.41. The molecule has 0 aliphatic heterocycles. The quantitative estimate of drug-likeness (QED) is 0.817. The number of rotatable bonds is 5. The molecular weight excluding hydrogens is 296 g/mol. The Morgan fingerprint density at radius 1 is 1.05 bits per heavy atom. The van der Waals surface area contributed by atoms with Crippen LogP contribution in [0.1, 0.15) is 24.1 Å². The second-order valence-electron chi connectivity index (χ2n) is 4.54. The molecule has 2 aromatic carbocycles. The van der Waals surface area contributed by atoms with E-state index in [0.717, 1.165) is 12.1 Å². The number of benzene rings is 2. The van der Waals surface area contributed by atoms with Gasteiger partial charge in [0.2, 0.25) is 0 Å². The molecule has 0 aliphatic carbocycles. The smallest absolute Gasteiger partial charge is 0.127 e. The maximum absolute atomic E-state index is 13.9.